The Labute approximate surface area is 103 Å². The van der Waals surface area contributed by atoms with Gasteiger partial charge in [-0.15, -0.1) is 0 Å². The zero-order chi connectivity index (χ0) is 12.3. The van der Waals surface area contributed by atoms with Crippen LogP contribution >= 0.6 is 0 Å². The largest absolute Gasteiger partial charge is 0.383 e. The van der Waals surface area contributed by atoms with Crippen LogP contribution in [0.2, 0.25) is 0 Å². The van der Waals surface area contributed by atoms with Gasteiger partial charge in [0.1, 0.15) is 5.60 Å². The summed E-state index contributed by atoms with van der Waals surface area (Å²) in [5, 5.41) is 10.7. The van der Waals surface area contributed by atoms with Crippen molar-refractivity contribution in [2.45, 2.75) is 51.6 Å². The van der Waals surface area contributed by atoms with E-state index in [4.69, 9.17) is 0 Å². The summed E-state index contributed by atoms with van der Waals surface area (Å²) < 4.78 is 0. The Morgan fingerprint density at radius 1 is 1.47 bits per heavy atom. The molecule has 1 heterocycles. The highest BCUT2D eigenvalue weighted by molar-refractivity contribution is 5.09. The molecule has 3 nitrogen and oxygen atoms in total. The van der Waals surface area contributed by atoms with E-state index in [9.17, 15) is 5.11 Å². The predicted molar refractivity (Wildman–Crippen MR) is 67.3 cm³/mol. The Hall–Kier alpha value is -0.960. The highest BCUT2D eigenvalue weighted by atomic mass is 16.3. The summed E-state index contributed by atoms with van der Waals surface area (Å²) >= 11 is 0. The van der Waals surface area contributed by atoms with Crippen molar-refractivity contribution in [3.8, 4) is 0 Å². The van der Waals surface area contributed by atoms with Crippen LogP contribution < -0.4 is 0 Å². The van der Waals surface area contributed by atoms with Gasteiger partial charge in [-0.05, 0) is 37.5 Å². The zero-order valence-electron chi connectivity index (χ0n) is 10.8. The standard InChI is InChI=1S/C14H22N2O/c1-11(2)8-12-4-3-5-14(17,9-12)13-10-15-6-7-16-13/h6-7,10-12,17H,3-5,8-9H2,1-2H3. The van der Waals surface area contributed by atoms with Gasteiger partial charge in [-0.3, -0.25) is 9.97 Å². The SMILES string of the molecule is CC(C)CC1CCCC(O)(c2cnccn2)C1. The van der Waals surface area contributed by atoms with Gasteiger partial charge in [-0.2, -0.15) is 0 Å². The molecule has 1 aromatic heterocycles. The molecule has 1 aliphatic carbocycles. The molecule has 0 radical (unpaired) electrons. The zero-order valence-corrected chi connectivity index (χ0v) is 10.8. The van der Waals surface area contributed by atoms with Crippen molar-refractivity contribution < 1.29 is 5.11 Å². The molecule has 17 heavy (non-hydrogen) atoms. The summed E-state index contributed by atoms with van der Waals surface area (Å²) in [7, 11) is 0. The maximum Gasteiger partial charge on any atom is 0.108 e. The fraction of sp³-hybridized carbons (Fsp3) is 0.714. The van der Waals surface area contributed by atoms with Crippen LogP contribution in [0.25, 0.3) is 0 Å². The lowest BCUT2D eigenvalue weighted by Crippen LogP contribution is -2.34. The molecule has 1 aromatic rings. The van der Waals surface area contributed by atoms with Crippen LogP contribution in [-0.4, -0.2) is 15.1 Å². The fourth-order valence-electron chi connectivity index (χ4n) is 3.00. The second-order valence-corrected chi connectivity index (χ2v) is 5.71. The van der Waals surface area contributed by atoms with Gasteiger partial charge < -0.3 is 5.11 Å². The molecular formula is C14H22N2O. The van der Waals surface area contributed by atoms with E-state index in [0.717, 1.165) is 25.0 Å². The lowest BCUT2D eigenvalue weighted by molar-refractivity contribution is -0.0283. The van der Waals surface area contributed by atoms with E-state index in [1.54, 1.807) is 18.6 Å². The van der Waals surface area contributed by atoms with Crippen LogP contribution in [0, 0.1) is 11.8 Å². The molecule has 0 aromatic carbocycles. The summed E-state index contributed by atoms with van der Waals surface area (Å²) in [4.78, 5) is 8.34. The van der Waals surface area contributed by atoms with Gasteiger partial charge in [0, 0.05) is 12.4 Å². The average Bonchev–Trinajstić information content (AvgIpc) is 2.29. The minimum Gasteiger partial charge on any atom is -0.383 e. The van der Waals surface area contributed by atoms with Crippen molar-refractivity contribution in [2.24, 2.45) is 11.8 Å². The van der Waals surface area contributed by atoms with Crippen molar-refractivity contribution in [2.75, 3.05) is 0 Å². The normalized spacial score (nSPS) is 29.5. The van der Waals surface area contributed by atoms with Crippen molar-refractivity contribution in [3.63, 3.8) is 0 Å². The number of rotatable bonds is 3. The van der Waals surface area contributed by atoms with Crippen molar-refractivity contribution in [1.29, 1.82) is 0 Å². The summed E-state index contributed by atoms with van der Waals surface area (Å²) in [6.07, 6.45) is 10.2. The molecule has 1 N–H and O–H groups in total. The van der Waals surface area contributed by atoms with Gasteiger partial charge >= 0.3 is 0 Å². The van der Waals surface area contributed by atoms with Crippen LogP contribution in [0.15, 0.2) is 18.6 Å². The Bertz CT molecular complexity index is 352. The van der Waals surface area contributed by atoms with E-state index in [0.29, 0.717) is 11.8 Å². The van der Waals surface area contributed by atoms with E-state index in [-0.39, 0.29) is 0 Å². The van der Waals surface area contributed by atoms with Crippen LogP contribution in [0.3, 0.4) is 0 Å². The summed E-state index contributed by atoms with van der Waals surface area (Å²) in [5.41, 5.74) is -0.0000406. The quantitative estimate of drug-likeness (QED) is 0.874. The lowest BCUT2D eigenvalue weighted by Gasteiger charge is -2.36. The first-order valence-corrected chi connectivity index (χ1v) is 6.59. The van der Waals surface area contributed by atoms with Crippen LogP contribution in [0.4, 0.5) is 0 Å². The maximum absolute atomic E-state index is 10.7. The molecule has 0 bridgehead atoms. The first-order chi connectivity index (χ1) is 8.10. The number of aromatic nitrogens is 2. The van der Waals surface area contributed by atoms with Gasteiger partial charge in [0.2, 0.25) is 0 Å². The molecule has 1 aliphatic rings. The molecule has 2 unspecified atom stereocenters. The molecular weight excluding hydrogens is 212 g/mol. The van der Waals surface area contributed by atoms with Crippen molar-refractivity contribution in [1.82, 2.24) is 9.97 Å². The molecule has 0 amide bonds. The summed E-state index contributed by atoms with van der Waals surface area (Å²) in [6, 6.07) is 0. The summed E-state index contributed by atoms with van der Waals surface area (Å²) in [5.74, 6) is 1.32. The monoisotopic (exact) mass is 234 g/mol. The topological polar surface area (TPSA) is 46.0 Å². The molecule has 1 saturated carbocycles. The van der Waals surface area contributed by atoms with Gasteiger partial charge in [-0.1, -0.05) is 20.3 Å². The Morgan fingerprint density at radius 3 is 2.94 bits per heavy atom. The van der Waals surface area contributed by atoms with Crippen LogP contribution in [0.5, 0.6) is 0 Å². The van der Waals surface area contributed by atoms with Gasteiger partial charge in [0.15, 0.2) is 0 Å². The Balaban J connectivity index is 2.10. The molecule has 0 spiro atoms. The molecule has 0 saturated heterocycles. The maximum atomic E-state index is 10.7. The Kier molecular flexibility index (Phi) is 3.77. The third-order valence-electron chi connectivity index (χ3n) is 3.67. The molecule has 94 valence electrons. The van der Waals surface area contributed by atoms with Gasteiger partial charge in [0.05, 0.1) is 11.9 Å². The molecule has 0 aliphatic heterocycles. The third kappa shape index (κ3) is 3.03. The van der Waals surface area contributed by atoms with E-state index >= 15 is 0 Å². The lowest BCUT2D eigenvalue weighted by atomic mass is 9.74. The number of hydrogen-bond acceptors (Lipinski definition) is 3. The van der Waals surface area contributed by atoms with E-state index in [2.05, 4.69) is 23.8 Å². The van der Waals surface area contributed by atoms with Crippen molar-refractivity contribution in [3.05, 3.63) is 24.3 Å². The minimum absolute atomic E-state index is 0.621. The molecule has 2 rings (SSSR count). The van der Waals surface area contributed by atoms with Gasteiger partial charge in [-0.25, -0.2) is 0 Å². The highest BCUT2D eigenvalue weighted by Gasteiger charge is 2.37. The second kappa shape index (κ2) is 5.13. The molecule has 1 fully saturated rings. The highest BCUT2D eigenvalue weighted by Crippen LogP contribution is 2.40. The minimum atomic E-state index is -0.744. The Morgan fingerprint density at radius 2 is 2.29 bits per heavy atom. The molecule has 2 atom stereocenters. The van der Waals surface area contributed by atoms with Crippen LogP contribution in [0.1, 0.15) is 51.6 Å². The van der Waals surface area contributed by atoms with Crippen LogP contribution in [-0.2, 0) is 5.60 Å². The smallest absolute Gasteiger partial charge is 0.108 e. The van der Waals surface area contributed by atoms with E-state index < -0.39 is 5.60 Å². The van der Waals surface area contributed by atoms with Gasteiger partial charge in [0.25, 0.3) is 0 Å². The average molecular weight is 234 g/mol. The fourth-order valence-corrected chi connectivity index (χ4v) is 3.00. The number of aliphatic hydroxyl groups is 1. The van der Waals surface area contributed by atoms with Crippen molar-refractivity contribution >= 4 is 0 Å². The van der Waals surface area contributed by atoms with E-state index in [1.807, 2.05) is 0 Å². The third-order valence-corrected chi connectivity index (χ3v) is 3.67. The van der Waals surface area contributed by atoms with E-state index in [1.165, 1.54) is 12.8 Å². The first-order valence-electron chi connectivity index (χ1n) is 6.59. The number of hydrogen-bond donors (Lipinski definition) is 1. The second-order valence-electron chi connectivity index (χ2n) is 5.71. The number of nitrogens with zero attached hydrogens (tertiary/aromatic N) is 2. The summed E-state index contributed by atoms with van der Waals surface area (Å²) in [6.45, 7) is 4.49. The predicted octanol–water partition coefficient (Wildman–Crippen LogP) is 2.90. The first kappa shape index (κ1) is 12.5. The molecule has 3 heteroatoms.